The molecule has 94 valence electrons. The third-order valence-electron chi connectivity index (χ3n) is 2.47. The highest BCUT2D eigenvalue weighted by Gasteiger charge is 2.05. The number of hydrogen-bond acceptors (Lipinski definition) is 2. The molecular formula is C14H13BrClNS. The molecule has 0 unspecified atom stereocenters. The van der Waals surface area contributed by atoms with Gasteiger partial charge in [-0.15, -0.1) is 0 Å². The molecule has 0 atom stereocenters. The highest BCUT2D eigenvalue weighted by Crippen LogP contribution is 2.33. The van der Waals surface area contributed by atoms with E-state index >= 15 is 0 Å². The number of hydrogen-bond donors (Lipinski definition) is 1. The van der Waals surface area contributed by atoms with Crippen LogP contribution in [0.1, 0.15) is 5.56 Å². The largest absolute Gasteiger partial charge is 0.330 e. The van der Waals surface area contributed by atoms with Gasteiger partial charge in [-0.1, -0.05) is 51.4 Å². The number of rotatable bonds is 4. The smallest absolute Gasteiger partial charge is 0.0417 e. The van der Waals surface area contributed by atoms with E-state index in [0.29, 0.717) is 6.54 Å². The summed E-state index contributed by atoms with van der Waals surface area (Å²) in [6.45, 7) is 0.647. The van der Waals surface area contributed by atoms with Crippen molar-refractivity contribution in [1.82, 2.24) is 0 Å². The molecule has 0 heterocycles. The molecule has 0 aliphatic rings. The zero-order valence-corrected chi connectivity index (χ0v) is 12.9. The topological polar surface area (TPSA) is 26.0 Å². The van der Waals surface area contributed by atoms with Crippen LogP contribution in [0.3, 0.4) is 0 Å². The average molecular weight is 343 g/mol. The van der Waals surface area contributed by atoms with Gasteiger partial charge in [0.1, 0.15) is 0 Å². The summed E-state index contributed by atoms with van der Waals surface area (Å²) >= 11 is 11.3. The molecule has 0 bridgehead atoms. The molecule has 0 radical (unpaired) electrons. The van der Waals surface area contributed by atoms with Gasteiger partial charge in [0.2, 0.25) is 0 Å². The van der Waals surface area contributed by atoms with Crippen molar-refractivity contribution in [2.75, 3.05) is 6.54 Å². The summed E-state index contributed by atoms with van der Waals surface area (Å²) in [6, 6.07) is 14.2. The number of nitrogens with two attached hydrogens (primary N) is 1. The van der Waals surface area contributed by atoms with E-state index in [1.807, 2.05) is 24.3 Å². The van der Waals surface area contributed by atoms with Crippen molar-refractivity contribution in [1.29, 1.82) is 0 Å². The summed E-state index contributed by atoms with van der Waals surface area (Å²) in [7, 11) is 0. The lowest BCUT2D eigenvalue weighted by atomic mass is 10.1. The lowest BCUT2D eigenvalue weighted by molar-refractivity contribution is 0.944. The molecule has 0 fully saturated rings. The molecule has 1 nitrogen and oxygen atoms in total. The molecule has 2 aromatic rings. The molecule has 0 aliphatic carbocycles. The van der Waals surface area contributed by atoms with E-state index in [-0.39, 0.29) is 0 Å². The summed E-state index contributed by atoms with van der Waals surface area (Å²) in [5.74, 6) is 0. The molecule has 0 aliphatic heterocycles. The van der Waals surface area contributed by atoms with Crippen LogP contribution in [0.4, 0.5) is 0 Å². The van der Waals surface area contributed by atoms with Crippen LogP contribution in [-0.2, 0) is 6.42 Å². The molecule has 18 heavy (non-hydrogen) atoms. The molecule has 0 saturated carbocycles. The molecule has 2 N–H and O–H groups in total. The maximum absolute atomic E-state index is 6.06. The third-order valence-corrected chi connectivity index (χ3v) is 4.28. The molecule has 2 aromatic carbocycles. The fraction of sp³-hybridized carbons (Fsp3) is 0.143. The van der Waals surface area contributed by atoms with Gasteiger partial charge in [0.25, 0.3) is 0 Å². The van der Waals surface area contributed by atoms with Crippen LogP contribution in [0.2, 0.25) is 5.02 Å². The van der Waals surface area contributed by atoms with Gasteiger partial charge in [-0.05, 0) is 48.9 Å². The summed E-state index contributed by atoms with van der Waals surface area (Å²) in [6.07, 6.45) is 0.869. The lowest BCUT2D eigenvalue weighted by Crippen LogP contribution is -2.03. The Morgan fingerprint density at radius 1 is 1.17 bits per heavy atom. The SMILES string of the molecule is NCCc1ccc(Cl)cc1Sc1cccc(Br)c1. The maximum Gasteiger partial charge on any atom is 0.0417 e. The Kier molecular flexibility index (Phi) is 5.13. The van der Waals surface area contributed by atoms with Crippen molar-refractivity contribution in [3.63, 3.8) is 0 Å². The Balaban J connectivity index is 2.29. The van der Waals surface area contributed by atoms with Crippen molar-refractivity contribution in [2.24, 2.45) is 5.73 Å². The Morgan fingerprint density at radius 3 is 2.72 bits per heavy atom. The van der Waals surface area contributed by atoms with E-state index in [0.717, 1.165) is 15.9 Å². The molecular weight excluding hydrogens is 330 g/mol. The average Bonchev–Trinajstić information content (AvgIpc) is 2.33. The van der Waals surface area contributed by atoms with Crippen molar-refractivity contribution < 1.29 is 0 Å². The first-order valence-electron chi connectivity index (χ1n) is 5.61. The van der Waals surface area contributed by atoms with Crippen LogP contribution >= 0.6 is 39.3 Å². The summed E-state index contributed by atoms with van der Waals surface area (Å²) in [4.78, 5) is 2.36. The predicted octanol–water partition coefficient (Wildman–Crippen LogP) is 4.75. The van der Waals surface area contributed by atoms with E-state index in [4.69, 9.17) is 17.3 Å². The fourth-order valence-corrected chi connectivity index (χ4v) is 3.50. The van der Waals surface area contributed by atoms with E-state index in [1.54, 1.807) is 11.8 Å². The lowest BCUT2D eigenvalue weighted by Gasteiger charge is -2.09. The molecule has 0 amide bonds. The Bertz CT molecular complexity index is 545. The summed E-state index contributed by atoms with van der Waals surface area (Å²) < 4.78 is 1.08. The third kappa shape index (κ3) is 3.75. The van der Waals surface area contributed by atoms with Gasteiger partial charge >= 0.3 is 0 Å². The summed E-state index contributed by atoms with van der Waals surface area (Å²) in [5, 5.41) is 0.758. The highest BCUT2D eigenvalue weighted by atomic mass is 79.9. The van der Waals surface area contributed by atoms with Gasteiger partial charge in [-0.25, -0.2) is 0 Å². The Hall–Kier alpha value is -0.480. The first kappa shape index (κ1) is 13.9. The zero-order chi connectivity index (χ0) is 13.0. The van der Waals surface area contributed by atoms with E-state index in [1.165, 1.54) is 15.4 Å². The molecule has 2 rings (SSSR count). The van der Waals surface area contributed by atoms with Crippen molar-refractivity contribution in [3.05, 3.63) is 57.5 Å². The molecule has 0 saturated heterocycles. The first-order chi connectivity index (χ1) is 8.69. The quantitative estimate of drug-likeness (QED) is 0.867. The van der Waals surface area contributed by atoms with Crippen LogP contribution in [-0.4, -0.2) is 6.54 Å². The highest BCUT2D eigenvalue weighted by molar-refractivity contribution is 9.10. The standard InChI is InChI=1S/C14H13BrClNS/c15-11-2-1-3-13(8-11)18-14-9-12(16)5-4-10(14)6-7-17/h1-5,8-9H,6-7,17H2. The van der Waals surface area contributed by atoms with Crippen LogP contribution < -0.4 is 5.73 Å². The van der Waals surface area contributed by atoms with Crippen molar-refractivity contribution >= 4 is 39.3 Å². The van der Waals surface area contributed by atoms with Gasteiger partial charge in [0.15, 0.2) is 0 Å². The predicted molar refractivity (Wildman–Crippen MR) is 82.5 cm³/mol. The minimum atomic E-state index is 0.647. The number of benzene rings is 2. The van der Waals surface area contributed by atoms with Crippen molar-refractivity contribution in [3.8, 4) is 0 Å². The van der Waals surface area contributed by atoms with Gasteiger partial charge < -0.3 is 5.73 Å². The Morgan fingerprint density at radius 2 is 2.00 bits per heavy atom. The zero-order valence-electron chi connectivity index (χ0n) is 9.70. The fourth-order valence-electron chi connectivity index (χ4n) is 1.64. The van der Waals surface area contributed by atoms with Crippen molar-refractivity contribution in [2.45, 2.75) is 16.2 Å². The first-order valence-corrected chi connectivity index (χ1v) is 7.59. The minimum absolute atomic E-state index is 0.647. The maximum atomic E-state index is 6.06. The van der Waals surface area contributed by atoms with E-state index in [2.05, 4.69) is 34.1 Å². The van der Waals surface area contributed by atoms with Gasteiger partial charge in [-0.3, -0.25) is 0 Å². The normalized spacial score (nSPS) is 10.6. The molecule has 4 heteroatoms. The van der Waals surface area contributed by atoms with Gasteiger partial charge in [0.05, 0.1) is 0 Å². The second-order valence-electron chi connectivity index (χ2n) is 3.85. The second kappa shape index (κ2) is 6.62. The van der Waals surface area contributed by atoms with E-state index in [9.17, 15) is 0 Å². The van der Waals surface area contributed by atoms with Crippen LogP contribution in [0, 0.1) is 0 Å². The molecule has 0 aromatic heterocycles. The van der Waals surface area contributed by atoms with Crippen LogP contribution in [0.25, 0.3) is 0 Å². The molecule has 0 spiro atoms. The Labute approximate surface area is 125 Å². The van der Waals surface area contributed by atoms with Crippen LogP contribution in [0.15, 0.2) is 56.7 Å². The van der Waals surface area contributed by atoms with Gasteiger partial charge in [-0.2, -0.15) is 0 Å². The summed E-state index contributed by atoms with van der Waals surface area (Å²) in [5.41, 5.74) is 6.88. The monoisotopic (exact) mass is 341 g/mol. The second-order valence-corrected chi connectivity index (χ2v) is 6.32. The van der Waals surface area contributed by atoms with Gasteiger partial charge in [0, 0.05) is 19.3 Å². The van der Waals surface area contributed by atoms with Crippen LogP contribution in [0.5, 0.6) is 0 Å². The minimum Gasteiger partial charge on any atom is -0.330 e. The van der Waals surface area contributed by atoms with E-state index < -0.39 is 0 Å². The number of halogens is 2.